The number of halogens is 3. The second-order valence-corrected chi connectivity index (χ2v) is 21.0. The first-order valence-electron chi connectivity index (χ1n) is 24.1. The zero-order valence-corrected chi connectivity index (χ0v) is 38.2. The Morgan fingerprint density at radius 2 is 1.45 bits per heavy atom. The van der Waals surface area contributed by atoms with Gasteiger partial charge in [-0.15, -0.1) is 0 Å². The number of nitrogens with zero attached hydrogens (tertiary/aromatic N) is 3. The summed E-state index contributed by atoms with van der Waals surface area (Å²) < 4.78 is 16.4. The normalized spacial score (nSPS) is 28.2. The summed E-state index contributed by atoms with van der Waals surface area (Å²) in [6.07, 6.45) is 13.1. The lowest BCUT2D eigenvalue weighted by atomic mass is 9.55. The van der Waals surface area contributed by atoms with Gasteiger partial charge in [-0.1, -0.05) is 72.8 Å². The van der Waals surface area contributed by atoms with Crippen molar-refractivity contribution in [3.8, 4) is 0 Å². The van der Waals surface area contributed by atoms with E-state index in [0.29, 0.717) is 72.8 Å². The number of nitrogens with one attached hydrogen (secondary N) is 3. The molecule has 0 radical (unpaired) electrons. The van der Waals surface area contributed by atoms with Crippen molar-refractivity contribution in [2.24, 2.45) is 17.8 Å². The molecule has 0 bridgehead atoms. The van der Waals surface area contributed by atoms with Crippen LogP contribution in [0.5, 0.6) is 0 Å². The van der Waals surface area contributed by atoms with Crippen molar-refractivity contribution in [1.82, 2.24) is 20.4 Å². The predicted octanol–water partition coefficient (Wildman–Crippen LogP) is 8.56. The first kappa shape index (κ1) is 43.8. The highest BCUT2D eigenvalue weighted by Crippen LogP contribution is 2.63. The molecule has 7 aliphatic rings. The summed E-state index contributed by atoms with van der Waals surface area (Å²) in [4.78, 5) is 60.8. The van der Waals surface area contributed by atoms with Crippen molar-refractivity contribution in [2.45, 2.75) is 119 Å². The van der Waals surface area contributed by atoms with Crippen molar-refractivity contribution in [3.63, 3.8) is 0 Å². The third-order valence-corrected chi connectivity index (χ3v) is 17.1. The van der Waals surface area contributed by atoms with Crippen molar-refractivity contribution in [1.29, 1.82) is 0 Å². The van der Waals surface area contributed by atoms with Gasteiger partial charge in [0.2, 0.25) is 23.6 Å². The molecule has 3 aromatic carbocycles. The number of anilines is 2. The van der Waals surface area contributed by atoms with Crippen molar-refractivity contribution >= 4 is 58.2 Å². The van der Waals surface area contributed by atoms with E-state index in [9.17, 15) is 14.4 Å². The Morgan fingerprint density at radius 1 is 0.766 bits per heavy atom. The predicted molar refractivity (Wildman–Crippen MR) is 248 cm³/mol. The summed E-state index contributed by atoms with van der Waals surface area (Å²) in [5.41, 5.74) is 1.93. The van der Waals surface area contributed by atoms with Crippen LogP contribution >= 0.6 is 23.2 Å². The van der Waals surface area contributed by atoms with Crippen LogP contribution in [0.3, 0.4) is 0 Å². The maximum absolute atomic E-state index is 16.4. The van der Waals surface area contributed by atoms with Crippen LogP contribution in [0.4, 0.5) is 15.8 Å². The minimum absolute atomic E-state index is 0.0142. The molecule has 340 valence electrons. The van der Waals surface area contributed by atoms with Gasteiger partial charge >= 0.3 is 0 Å². The number of fused-ring (bicyclic) bond motifs is 3. The monoisotopic (exact) mass is 910 g/mol. The molecule has 1 aliphatic carbocycles. The molecule has 6 fully saturated rings. The van der Waals surface area contributed by atoms with Gasteiger partial charge in [0.25, 0.3) is 0 Å². The van der Waals surface area contributed by atoms with E-state index in [0.717, 1.165) is 76.0 Å². The number of piperidine rings is 4. The Labute approximate surface area is 386 Å². The van der Waals surface area contributed by atoms with Gasteiger partial charge in [-0.25, -0.2) is 4.39 Å². The highest BCUT2D eigenvalue weighted by atomic mass is 35.5. The average Bonchev–Trinajstić information content (AvgIpc) is 3.75. The molecule has 5 saturated heterocycles. The zero-order valence-electron chi connectivity index (χ0n) is 36.7. The molecule has 13 heteroatoms. The maximum atomic E-state index is 16.4. The number of rotatable bonds is 8. The van der Waals surface area contributed by atoms with Gasteiger partial charge in [0, 0.05) is 67.0 Å². The van der Waals surface area contributed by atoms with Gasteiger partial charge in [0.05, 0.1) is 17.0 Å². The second-order valence-electron chi connectivity index (χ2n) is 20.1. The van der Waals surface area contributed by atoms with E-state index in [4.69, 9.17) is 23.2 Å². The van der Waals surface area contributed by atoms with Gasteiger partial charge in [0.1, 0.15) is 11.2 Å². The first-order chi connectivity index (χ1) is 31.0. The van der Waals surface area contributed by atoms with E-state index in [-0.39, 0.29) is 34.6 Å². The lowest BCUT2D eigenvalue weighted by molar-refractivity contribution is -0.136. The third kappa shape index (κ3) is 7.94. The maximum Gasteiger partial charge on any atom is 0.240 e. The van der Waals surface area contributed by atoms with E-state index < -0.39 is 28.7 Å². The average molecular weight is 912 g/mol. The van der Waals surface area contributed by atoms with Crippen LogP contribution in [0.15, 0.2) is 60.7 Å². The molecule has 6 aliphatic heterocycles. The fourth-order valence-corrected chi connectivity index (χ4v) is 13.7. The molecule has 0 aromatic heterocycles. The van der Waals surface area contributed by atoms with Crippen molar-refractivity contribution in [3.05, 3.63) is 93.2 Å². The number of carbonyl (C=O) groups excluding carboxylic acids is 4. The highest BCUT2D eigenvalue weighted by Gasteiger charge is 2.72. The van der Waals surface area contributed by atoms with Crippen LogP contribution in [0.1, 0.15) is 118 Å². The Bertz CT molecular complexity index is 2260. The standard InChI is InChI=1S/C51H61Cl2FN6O4/c52-36-9-13-40-42(30-36)55-49(64)51(40)44(39-5-4-6-41(53)45(39)54)46(57-50(51)21-2-1-3-22-50)48(63)60-27-17-33(18-28-60)29-32-15-23-58(24-16-32)31-34-19-25-59(26-20-34)37-10-7-35(8-11-37)38-12-14-43(61)56-47(38)62/h4-11,13,30,32-34,38,44,46,57H,1-3,12,14-29,31H2,(H,55,64)(H,56,61,62)/t38?,44?,46-,51-/m1/s1. The molecule has 6 heterocycles. The Kier molecular flexibility index (Phi) is 12.3. The van der Waals surface area contributed by atoms with E-state index >= 15 is 9.18 Å². The molecule has 2 spiro atoms. The topological polar surface area (TPSA) is 114 Å². The SMILES string of the molecule is O=C1CCC(c2ccc(N3CCC(CN4CCC(CC5CCN(C(=O)[C@@H]6NC7(CCCCC7)[C@@]7(C(=O)Nc8cc(Cl)ccc87)C6c6cccc(Cl)c6F)CC5)CC4)CC3)cc2)C(=O)N1. The lowest BCUT2D eigenvalue weighted by Crippen LogP contribution is -2.60. The summed E-state index contributed by atoms with van der Waals surface area (Å²) in [5, 5.41) is 9.94. The molecule has 10 nitrogen and oxygen atoms in total. The number of imide groups is 1. The minimum atomic E-state index is -1.22. The number of carbonyl (C=O) groups is 4. The van der Waals surface area contributed by atoms with E-state index in [2.05, 4.69) is 50.0 Å². The van der Waals surface area contributed by atoms with Gasteiger partial charge in [0.15, 0.2) is 0 Å². The van der Waals surface area contributed by atoms with Crippen molar-refractivity contribution < 1.29 is 23.6 Å². The molecule has 3 aromatic rings. The number of likely N-dealkylation sites (tertiary alicyclic amines) is 2. The minimum Gasteiger partial charge on any atom is -0.372 e. The van der Waals surface area contributed by atoms with Crippen LogP contribution in [-0.2, 0) is 24.6 Å². The molecule has 10 rings (SSSR count). The van der Waals surface area contributed by atoms with Crippen LogP contribution < -0.4 is 20.9 Å². The highest BCUT2D eigenvalue weighted by molar-refractivity contribution is 6.31. The van der Waals surface area contributed by atoms with Gasteiger partial charge in [-0.2, -0.15) is 0 Å². The third-order valence-electron chi connectivity index (χ3n) is 16.6. The Hall–Kier alpha value is -4.03. The van der Waals surface area contributed by atoms with Gasteiger partial charge in [-0.05, 0) is 142 Å². The van der Waals surface area contributed by atoms with E-state index in [1.807, 2.05) is 11.0 Å². The first-order valence-corrected chi connectivity index (χ1v) is 24.8. The van der Waals surface area contributed by atoms with Crippen molar-refractivity contribution in [2.75, 3.05) is 56.0 Å². The summed E-state index contributed by atoms with van der Waals surface area (Å²) in [6, 6.07) is 18.0. The smallest absolute Gasteiger partial charge is 0.240 e. The van der Waals surface area contributed by atoms with Gasteiger partial charge in [-0.3, -0.25) is 29.8 Å². The molecule has 4 atom stereocenters. The number of amides is 4. The fourth-order valence-electron chi connectivity index (χ4n) is 13.3. The van der Waals surface area contributed by atoms with E-state index in [1.54, 1.807) is 24.3 Å². The van der Waals surface area contributed by atoms with Gasteiger partial charge < -0.3 is 20.0 Å². The summed E-state index contributed by atoms with van der Waals surface area (Å²) in [7, 11) is 0. The van der Waals surface area contributed by atoms with Crippen LogP contribution in [-0.4, -0.2) is 90.8 Å². The summed E-state index contributed by atoms with van der Waals surface area (Å²) in [6.45, 7) is 6.84. The van der Waals surface area contributed by atoms with Crippen LogP contribution in [0.25, 0.3) is 0 Å². The fraction of sp³-hybridized carbons (Fsp3) is 0.569. The molecule has 4 amide bonds. The quantitative estimate of drug-likeness (QED) is 0.194. The summed E-state index contributed by atoms with van der Waals surface area (Å²) in [5.74, 6) is -0.299. The van der Waals surface area contributed by atoms with Crippen LogP contribution in [0.2, 0.25) is 10.0 Å². The number of hydrogen-bond acceptors (Lipinski definition) is 7. The molecular weight excluding hydrogens is 851 g/mol. The molecular formula is C51H61Cl2FN6O4. The Morgan fingerprint density at radius 3 is 2.16 bits per heavy atom. The second kappa shape index (κ2) is 18.0. The molecule has 64 heavy (non-hydrogen) atoms. The van der Waals surface area contributed by atoms with E-state index in [1.165, 1.54) is 43.9 Å². The zero-order chi connectivity index (χ0) is 44.2. The largest absolute Gasteiger partial charge is 0.372 e. The number of benzene rings is 3. The molecule has 3 N–H and O–H groups in total. The number of hydrogen-bond donors (Lipinski definition) is 3. The van der Waals surface area contributed by atoms with Crippen LogP contribution in [0, 0.1) is 23.6 Å². The molecule has 2 unspecified atom stereocenters. The summed E-state index contributed by atoms with van der Waals surface area (Å²) >= 11 is 12.9. The molecule has 1 saturated carbocycles. The lowest BCUT2D eigenvalue weighted by Gasteiger charge is -2.47. The Balaban J connectivity index is 0.738.